The number of benzene rings is 1. The number of carbonyl (C=O) groups is 1. The average Bonchev–Trinajstić information content (AvgIpc) is 2.97. The van der Waals surface area contributed by atoms with Gasteiger partial charge in [-0.3, -0.25) is 4.79 Å². The van der Waals surface area contributed by atoms with Crippen molar-refractivity contribution in [2.24, 2.45) is 5.73 Å². The Hall–Kier alpha value is -1.78. The van der Waals surface area contributed by atoms with Gasteiger partial charge in [0, 0.05) is 18.2 Å². The average molecular weight is 323 g/mol. The molecule has 0 aliphatic rings. The molecule has 1 aromatic carbocycles. The Bertz CT molecular complexity index is 591. The molecule has 0 bridgehead atoms. The van der Waals surface area contributed by atoms with Crippen molar-refractivity contribution in [3.8, 4) is 11.3 Å². The van der Waals surface area contributed by atoms with E-state index in [1.165, 1.54) is 5.56 Å². The highest BCUT2D eigenvalue weighted by atomic mass is 35.5. The minimum atomic E-state index is -0.202. The van der Waals surface area contributed by atoms with Crippen LogP contribution in [0, 0.1) is 0 Å². The van der Waals surface area contributed by atoms with Crippen molar-refractivity contribution >= 4 is 18.3 Å². The zero-order valence-corrected chi connectivity index (χ0v) is 13.8. The molecule has 0 saturated carbocycles. The second-order valence-corrected chi connectivity index (χ2v) is 5.24. The largest absolute Gasteiger partial charge is 0.451 e. The molecule has 5 heteroatoms. The summed E-state index contributed by atoms with van der Waals surface area (Å²) in [5.41, 5.74) is 7.90. The van der Waals surface area contributed by atoms with E-state index in [0.29, 0.717) is 18.1 Å². The highest BCUT2D eigenvalue weighted by Gasteiger charge is 2.11. The van der Waals surface area contributed by atoms with Crippen LogP contribution in [-0.2, 0) is 6.42 Å². The lowest BCUT2D eigenvalue weighted by Gasteiger charge is -2.05. The number of furan rings is 1. The van der Waals surface area contributed by atoms with Crippen molar-refractivity contribution in [1.29, 1.82) is 0 Å². The van der Waals surface area contributed by atoms with E-state index in [1.54, 1.807) is 6.07 Å². The van der Waals surface area contributed by atoms with Gasteiger partial charge in [0.15, 0.2) is 5.76 Å². The van der Waals surface area contributed by atoms with Crippen molar-refractivity contribution in [3.05, 3.63) is 47.7 Å². The van der Waals surface area contributed by atoms with Crippen LogP contribution in [0.4, 0.5) is 0 Å². The van der Waals surface area contributed by atoms with Crippen LogP contribution in [0.3, 0.4) is 0 Å². The predicted molar refractivity (Wildman–Crippen MR) is 91.4 cm³/mol. The van der Waals surface area contributed by atoms with Crippen molar-refractivity contribution in [1.82, 2.24) is 5.32 Å². The van der Waals surface area contributed by atoms with Gasteiger partial charge in [0.05, 0.1) is 0 Å². The highest BCUT2D eigenvalue weighted by Crippen LogP contribution is 2.22. The summed E-state index contributed by atoms with van der Waals surface area (Å²) in [5.74, 6) is 0.830. The third kappa shape index (κ3) is 4.90. The number of amides is 1. The zero-order valence-electron chi connectivity index (χ0n) is 13.0. The van der Waals surface area contributed by atoms with E-state index in [-0.39, 0.29) is 24.4 Å². The molecule has 0 fully saturated rings. The Morgan fingerprint density at radius 2 is 1.91 bits per heavy atom. The molecule has 0 aliphatic carbocycles. The number of carbonyl (C=O) groups excluding carboxylic acids is 1. The molecule has 1 amide bonds. The van der Waals surface area contributed by atoms with Gasteiger partial charge in [0.2, 0.25) is 0 Å². The molecule has 1 unspecified atom stereocenters. The number of hydrogen-bond acceptors (Lipinski definition) is 3. The van der Waals surface area contributed by atoms with Gasteiger partial charge < -0.3 is 15.5 Å². The molecule has 0 aliphatic heterocycles. The number of nitrogens with one attached hydrogen (secondary N) is 1. The third-order valence-corrected chi connectivity index (χ3v) is 3.36. The van der Waals surface area contributed by atoms with E-state index in [4.69, 9.17) is 10.2 Å². The Morgan fingerprint density at radius 1 is 1.23 bits per heavy atom. The predicted octanol–water partition coefficient (Wildman–Crippen LogP) is 3.40. The van der Waals surface area contributed by atoms with E-state index in [1.807, 2.05) is 25.1 Å². The monoisotopic (exact) mass is 322 g/mol. The fourth-order valence-corrected chi connectivity index (χ4v) is 2.02. The Balaban J connectivity index is 0.00000242. The summed E-state index contributed by atoms with van der Waals surface area (Å²) in [6.45, 7) is 4.58. The maximum atomic E-state index is 11.9. The topological polar surface area (TPSA) is 68.3 Å². The quantitative estimate of drug-likeness (QED) is 0.856. The van der Waals surface area contributed by atoms with Crippen LogP contribution in [0.1, 0.15) is 36.4 Å². The second kappa shape index (κ2) is 8.61. The molecule has 0 radical (unpaired) electrons. The van der Waals surface area contributed by atoms with Gasteiger partial charge in [0.1, 0.15) is 5.76 Å². The Morgan fingerprint density at radius 3 is 2.50 bits per heavy atom. The normalized spacial score (nSPS) is 11.6. The van der Waals surface area contributed by atoms with E-state index in [0.717, 1.165) is 18.4 Å². The lowest BCUT2D eigenvalue weighted by molar-refractivity contribution is 0.0926. The number of nitrogens with two attached hydrogens (primary N) is 1. The van der Waals surface area contributed by atoms with Gasteiger partial charge in [-0.15, -0.1) is 12.4 Å². The molecule has 22 heavy (non-hydrogen) atoms. The molecule has 3 N–H and O–H groups in total. The maximum Gasteiger partial charge on any atom is 0.287 e. The van der Waals surface area contributed by atoms with Gasteiger partial charge in [-0.25, -0.2) is 0 Å². The molecule has 1 aromatic heterocycles. The summed E-state index contributed by atoms with van der Waals surface area (Å²) in [6, 6.07) is 11.8. The van der Waals surface area contributed by atoms with E-state index in [9.17, 15) is 4.79 Å². The van der Waals surface area contributed by atoms with Gasteiger partial charge >= 0.3 is 0 Å². The van der Waals surface area contributed by atoms with E-state index >= 15 is 0 Å². The SMILES string of the molecule is CCc1ccc(-c2ccc(C(=O)NCCC(C)N)o2)cc1.Cl. The van der Waals surface area contributed by atoms with Crippen LogP contribution in [0.25, 0.3) is 11.3 Å². The maximum absolute atomic E-state index is 11.9. The first-order chi connectivity index (χ1) is 10.1. The Labute approximate surface area is 137 Å². The molecule has 120 valence electrons. The van der Waals surface area contributed by atoms with Gasteiger partial charge in [-0.2, -0.15) is 0 Å². The highest BCUT2D eigenvalue weighted by molar-refractivity contribution is 5.92. The van der Waals surface area contributed by atoms with Gasteiger partial charge in [0.25, 0.3) is 5.91 Å². The van der Waals surface area contributed by atoms with Gasteiger partial charge in [-0.05, 0) is 37.5 Å². The summed E-state index contributed by atoms with van der Waals surface area (Å²) in [7, 11) is 0. The standard InChI is InChI=1S/C17H22N2O2.ClH/c1-3-13-4-6-14(7-5-13)15-8-9-16(21-15)17(20)19-11-10-12(2)18;/h4-9,12H,3,10-11,18H2,1-2H3,(H,19,20);1H. The first-order valence-corrected chi connectivity index (χ1v) is 7.33. The minimum absolute atomic E-state index is 0. The summed E-state index contributed by atoms with van der Waals surface area (Å²) >= 11 is 0. The smallest absolute Gasteiger partial charge is 0.287 e. The van der Waals surface area contributed by atoms with E-state index in [2.05, 4.69) is 24.4 Å². The molecule has 2 aromatic rings. The zero-order chi connectivity index (χ0) is 15.2. The molecule has 0 spiro atoms. The van der Waals surface area contributed by atoms with Crippen molar-refractivity contribution < 1.29 is 9.21 Å². The first kappa shape index (κ1) is 18.3. The molecular weight excluding hydrogens is 300 g/mol. The van der Waals surface area contributed by atoms with Crippen molar-refractivity contribution in [3.63, 3.8) is 0 Å². The molecule has 1 heterocycles. The number of rotatable bonds is 6. The molecule has 2 rings (SSSR count). The summed E-state index contributed by atoms with van der Waals surface area (Å²) in [6.07, 6.45) is 1.75. The fraction of sp³-hybridized carbons (Fsp3) is 0.353. The minimum Gasteiger partial charge on any atom is -0.451 e. The Kier molecular flexibility index (Phi) is 7.15. The summed E-state index contributed by atoms with van der Waals surface area (Å²) < 4.78 is 5.62. The molecule has 0 saturated heterocycles. The fourth-order valence-electron chi connectivity index (χ4n) is 2.02. The molecule has 1 atom stereocenters. The third-order valence-electron chi connectivity index (χ3n) is 3.36. The van der Waals surface area contributed by atoms with Crippen LogP contribution in [0.15, 0.2) is 40.8 Å². The molecular formula is C17H23ClN2O2. The van der Waals surface area contributed by atoms with Crippen molar-refractivity contribution in [2.45, 2.75) is 32.7 Å². The summed E-state index contributed by atoms with van der Waals surface area (Å²) in [4.78, 5) is 11.9. The number of halogens is 1. The summed E-state index contributed by atoms with van der Waals surface area (Å²) in [5, 5.41) is 2.80. The lowest BCUT2D eigenvalue weighted by atomic mass is 10.1. The number of aryl methyl sites for hydroxylation is 1. The lowest BCUT2D eigenvalue weighted by Crippen LogP contribution is -2.28. The van der Waals surface area contributed by atoms with Crippen LogP contribution < -0.4 is 11.1 Å². The first-order valence-electron chi connectivity index (χ1n) is 7.33. The van der Waals surface area contributed by atoms with Crippen LogP contribution >= 0.6 is 12.4 Å². The van der Waals surface area contributed by atoms with Crippen LogP contribution in [0.5, 0.6) is 0 Å². The molecule has 4 nitrogen and oxygen atoms in total. The van der Waals surface area contributed by atoms with Crippen LogP contribution in [0.2, 0.25) is 0 Å². The van der Waals surface area contributed by atoms with Crippen molar-refractivity contribution in [2.75, 3.05) is 6.54 Å². The number of hydrogen-bond donors (Lipinski definition) is 2. The second-order valence-electron chi connectivity index (χ2n) is 5.24. The van der Waals surface area contributed by atoms with Gasteiger partial charge in [-0.1, -0.05) is 31.2 Å². The van der Waals surface area contributed by atoms with Crippen LogP contribution in [-0.4, -0.2) is 18.5 Å². The van der Waals surface area contributed by atoms with E-state index < -0.39 is 0 Å².